The van der Waals surface area contributed by atoms with Crippen LogP contribution in [0.15, 0.2) is 24.3 Å². The van der Waals surface area contributed by atoms with Crippen molar-refractivity contribution in [1.29, 1.82) is 0 Å². The number of hydrogen-bond donors (Lipinski definition) is 1. The van der Waals surface area contributed by atoms with Crippen molar-refractivity contribution in [3.05, 3.63) is 24.3 Å². The highest BCUT2D eigenvalue weighted by molar-refractivity contribution is 5.45. The van der Waals surface area contributed by atoms with Gasteiger partial charge in [-0.3, -0.25) is 0 Å². The van der Waals surface area contributed by atoms with E-state index >= 15 is 0 Å². The lowest BCUT2D eigenvalue weighted by Crippen LogP contribution is -2.08. The molecule has 0 radical (unpaired) electrons. The van der Waals surface area contributed by atoms with Crippen LogP contribution >= 0.6 is 0 Å². The van der Waals surface area contributed by atoms with Gasteiger partial charge in [-0.05, 0) is 36.6 Å². The minimum atomic E-state index is 0.643. The maximum atomic E-state index is 5.74. The van der Waals surface area contributed by atoms with Gasteiger partial charge in [-0.15, -0.1) is 0 Å². The summed E-state index contributed by atoms with van der Waals surface area (Å²) in [4.78, 5) is 0. The van der Waals surface area contributed by atoms with E-state index in [9.17, 15) is 0 Å². The summed E-state index contributed by atoms with van der Waals surface area (Å²) in [6.45, 7) is 5.29. The van der Waals surface area contributed by atoms with Gasteiger partial charge in [0, 0.05) is 12.7 Å². The van der Waals surface area contributed by atoms with E-state index < -0.39 is 0 Å². The van der Waals surface area contributed by atoms with E-state index in [1.807, 2.05) is 31.3 Å². The Morgan fingerprint density at radius 3 is 2.50 bits per heavy atom. The highest BCUT2D eigenvalue weighted by Crippen LogP contribution is 2.17. The van der Waals surface area contributed by atoms with Crippen LogP contribution in [0.3, 0.4) is 0 Å². The van der Waals surface area contributed by atoms with Crippen molar-refractivity contribution >= 4 is 5.69 Å². The number of benzene rings is 1. The molecule has 0 aliphatic heterocycles. The molecule has 2 heteroatoms. The molecule has 0 amide bonds. The van der Waals surface area contributed by atoms with E-state index in [0.717, 1.165) is 18.0 Å². The highest BCUT2D eigenvalue weighted by Gasteiger charge is 2.02. The summed E-state index contributed by atoms with van der Waals surface area (Å²) in [6, 6.07) is 8.09. The molecule has 1 aromatic rings. The second-order valence-electron chi connectivity index (χ2n) is 4.33. The van der Waals surface area contributed by atoms with Crippen LogP contribution < -0.4 is 10.1 Å². The molecule has 16 heavy (non-hydrogen) atoms. The molecule has 1 unspecified atom stereocenters. The zero-order valence-electron chi connectivity index (χ0n) is 10.6. The van der Waals surface area contributed by atoms with Gasteiger partial charge in [0.25, 0.3) is 0 Å². The summed E-state index contributed by atoms with van der Waals surface area (Å²) in [5, 5.41) is 3.09. The molecule has 0 aliphatic carbocycles. The first-order chi connectivity index (χ1) is 7.76. The monoisotopic (exact) mass is 221 g/mol. The topological polar surface area (TPSA) is 21.3 Å². The fourth-order valence-electron chi connectivity index (χ4n) is 1.59. The van der Waals surface area contributed by atoms with E-state index in [2.05, 4.69) is 19.2 Å². The summed E-state index contributed by atoms with van der Waals surface area (Å²) in [5.74, 6) is 1.60. The minimum Gasteiger partial charge on any atom is -0.493 e. The maximum Gasteiger partial charge on any atom is 0.119 e. The van der Waals surface area contributed by atoms with Crippen molar-refractivity contribution in [2.45, 2.75) is 33.1 Å². The van der Waals surface area contributed by atoms with Gasteiger partial charge in [-0.25, -0.2) is 0 Å². The van der Waals surface area contributed by atoms with Gasteiger partial charge in [0.1, 0.15) is 5.75 Å². The third kappa shape index (κ3) is 4.56. The average molecular weight is 221 g/mol. The first-order valence-corrected chi connectivity index (χ1v) is 6.17. The molecule has 0 heterocycles. The molecule has 90 valence electrons. The summed E-state index contributed by atoms with van der Waals surface area (Å²) in [6.07, 6.45) is 3.82. The Balaban J connectivity index is 2.30. The summed E-state index contributed by atoms with van der Waals surface area (Å²) >= 11 is 0. The van der Waals surface area contributed by atoms with Crippen LogP contribution in [0.5, 0.6) is 5.75 Å². The molecular formula is C14H23NO. The lowest BCUT2D eigenvalue weighted by Gasteiger charge is -2.12. The molecule has 1 aromatic carbocycles. The quantitative estimate of drug-likeness (QED) is 0.753. The summed E-state index contributed by atoms with van der Waals surface area (Å²) in [5.41, 5.74) is 1.12. The van der Waals surface area contributed by atoms with Crippen LogP contribution in [0.1, 0.15) is 33.1 Å². The lowest BCUT2D eigenvalue weighted by molar-refractivity contribution is 0.250. The summed E-state index contributed by atoms with van der Waals surface area (Å²) in [7, 11) is 1.92. The third-order valence-electron chi connectivity index (χ3n) is 2.73. The number of unbranched alkanes of at least 4 members (excludes halogenated alkanes) is 1. The van der Waals surface area contributed by atoms with Crippen LogP contribution in [0, 0.1) is 5.92 Å². The molecular weight excluding hydrogens is 198 g/mol. The molecule has 2 nitrogen and oxygen atoms in total. The third-order valence-corrected chi connectivity index (χ3v) is 2.73. The fraction of sp³-hybridized carbons (Fsp3) is 0.571. The van der Waals surface area contributed by atoms with E-state index in [1.165, 1.54) is 19.3 Å². The Morgan fingerprint density at radius 2 is 1.94 bits per heavy atom. The molecule has 1 atom stereocenters. The molecule has 1 rings (SSSR count). The van der Waals surface area contributed by atoms with Crippen LogP contribution in [-0.4, -0.2) is 13.7 Å². The summed E-state index contributed by atoms with van der Waals surface area (Å²) < 4.78 is 5.74. The molecule has 0 saturated heterocycles. The number of anilines is 1. The first kappa shape index (κ1) is 12.9. The average Bonchev–Trinajstić information content (AvgIpc) is 2.34. The van der Waals surface area contributed by atoms with Gasteiger partial charge >= 0.3 is 0 Å². The van der Waals surface area contributed by atoms with Gasteiger partial charge in [-0.1, -0.05) is 26.7 Å². The van der Waals surface area contributed by atoms with Crippen molar-refractivity contribution in [2.24, 2.45) is 5.92 Å². The Bertz CT molecular complexity index is 281. The van der Waals surface area contributed by atoms with Crippen molar-refractivity contribution in [2.75, 3.05) is 19.0 Å². The van der Waals surface area contributed by atoms with Gasteiger partial charge < -0.3 is 10.1 Å². The van der Waals surface area contributed by atoms with Gasteiger partial charge in [0.2, 0.25) is 0 Å². The number of hydrogen-bond acceptors (Lipinski definition) is 2. The second kappa shape index (κ2) is 7.15. The Labute approximate surface area is 99.0 Å². The van der Waals surface area contributed by atoms with Crippen molar-refractivity contribution in [3.8, 4) is 5.75 Å². The van der Waals surface area contributed by atoms with Gasteiger partial charge in [-0.2, -0.15) is 0 Å². The Morgan fingerprint density at radius 1 is 1.25 bits per heavy atom. The predicted molar refractivity (Wildman–Crippen MR) is 70.2 cm³/mol. The number of rotatable bonds is 7. The predicted octanol–water partition coefficient (Wildman–Crippen LogP) is 3.93. The molecule has 0 spiro atoms. The molecule has 0 aliphatic rings. The van der Waals surface area contributed by atoms with Crippen molar-refractivity contribution < 1.29 is 4.74 Å². The lowest BCUT2D eigenvalue weighted by atomic mass is 10.1. The van der Waals surface area contributed by atoms with E-state index in [1.54, 1.807) is 0 Å². The minimum absolute atomic E-state index is 0.643. The largest absolute Gasteiger partial charge is 0.493 e. The zero-order chi connectivity index (χ0) is 11.8. The molecule has 0 aromatic heterocycles. The van der Waals surface area contributed by atoms with E-state index in [4.69, 9.17) is 4.74 Å². The van der Waals surface area contributed by atoms with Crippen LogP contribution in [0.25, 0.3) is 0 Å². The Kier molecular flexibility index (Phi) is 5.76. The molecule has 0 bridgehead atoms. The number of ether oxygens (including phenoxy) is 1. The smallest absolute Gasteiger partial charge is 0.119 e. The van der Waals surface area contributed by atoms with E-state index in [-0.39, 0.29) is 0 Å². The maximum absolute atomic E-state index is 5.74. The van der Waals surface area contributed by atoms with Crippen LogP contribution in [0.4, 0.5) is 5.69 Å². The number of nitrogens with one attached hydrogen (secondary N) is 1. The van der Waals surface area contributed by atoms with Crippen molar-refractivity contribution in [3.63, 3.8) is 0 Å². The van der Waals surface area contributed by atoms with E-state index in [0.29, 0.717) is 5.92 Å². The Hall–Kier alpha value is -1.18. The standard InChI is InChI=1S/C14H23NO/c1-4-5-6-12(2)11-16-14-9-7-13(15-3)8-10-14/h7-10,12,15H,4-6,11H2,1-3H3. The molecule has 1 N–H and O–H groups in total. The van der Waals surface area contributed by atoms with Crippen molar-refractivity contribution in [1.82, 2.24) is 0 Å². The zero-order valence-corrected chi connectivity index (χ0v) is 10.6. The van der Waals surface area contributed by atoms with Gasteiger partial charge in [0.05, 0.1) is 6.61 Å². The highest BCUT2D eigenvalue weighted by atomic mass is 16.5. The fourth-order valence-corrected chi connectivity index (χ4v) is 1.59. The van der Waals surface area contributed by atoms with Crippen LogP contribution in [-0.2, 0) is 0 Å². The first-order valence-electron chi connectivity index (χ1n) is 6.17. The molecule has 0 saturated carbocycles. The molecule has 0 fully saturated rings. The SMILES string of the molecule is CCCCC(C)COc1ccc(NC)cc1. The second-order valence-corrected chi connectivity index (χ2v) is 4.33. The van der Waals surface area contributed by atoms with Crippen LogP contribution in [0.2, 0.25) is 0 Å². The normalized spacial score (nSPS) is 12.2. The van der Waals surface area contributed by atoms with Gasteiger partial charge in [0.15, 0.2) is 0 Å².